The molecule has 0 aliphatic heterocycles. The summed E-state index contributed by atoms with van der Waals surface area (Å²) < 4.78 is 5.50. The minimum atomic E-state index is 0.0664. The van der Waals surface area contributed by atoms with E-state index in [1.165, 1.54) is 0 Å². The third kappa shape index (κ3) is 2.86. The molecule has 0 saturated heterocycles. The van der Waals surface area contributed by atoms with Gasteiger partial charge in [-0.05, 0) is 38.9 Å². The van der Waals surface area contributed by atoms with Crippen molar-refractivity contribution in [2.24, 2.45) is 5.73 Å². The maximum atomic E-state index is 6.07. The first kappa shape index (κ1) is 13.3. The zero-order chi connectivity index (χ0) is 12.1. The Kier molecular flexibility index (Phi) is 5.03. The predicted molar refractivity (Wildman–Crippen MR) is 67.2 cm³/mol. The quantitative estimate of drug-likeness (QED) is 0.808. The molecule has 2 unspecified atom stereocenters. The van der Waals surface area contributed by atoms with E-state index in [1.54, 1.807) is 6.26 Å². The zero-order valence-corrected chi connectivity index (χ0v) is 10.8. The Balaban J connectivity index is 2.86. The van der Waals surface area contributed by atoms with E-state index in [4.69, 9.17) is 10.2 Å². The molecule has 1 aromatic heterocycles. The highest BCUT2D eigenvalue weighted by Crippen LogP contribution is 2.26. The summed E-state index contributed by atoms with van der Waals surface area (Å²) in [5.41, 5.74) is 6.07. The van der Waals surface area contributed by atoms with Crippen LogP contribution in [0.1, 0.15) is 45.4 Å². The summed E-state index contributed by atoms with van der Waals surface area (Å²) in [5, 5.41) is 0. The number of nitrogens with two attached hydrogens (primary N) is 1. The fourth-order valence-corrected chi connectivity index (χ4v) is 2.38. The minimum absolute atomic E-state index is 0.0664. The molecule has 0 fully saturated rings. The van der Waals surface area contributed by atoms with Crippen molar-refractivity contribution in [3.63, 3.8) is 0 Å². The van der Waals surface area contributed by atoms with Crippen LogP contribution in [0.2, 0.25) is 0 Å². The lowest BCUT2D eigenvalue weighted by Gasteiger charge is -2.35. The topological polar surface area (TPSA) is 42.4 Å². The summed E-state index contributed by atoms with van der Waals surface area (Å²) in [5.74, 6) is 0.962. The van der Waals surface area contributed by atoms with E-state index >= 15 is 0 Å². The molecule has 0 saturated carbocycles. The molecule has 1 rings (SSSR count). The molecule has 0 aliphatic carbocycles. The summed E-state index contributed by atoms with van der Waals surface area (Å²) in [6, 6.07) is 4.72. The molecule has 1 aromatic rings. The van der Waals surface area contributed by atoms with E-state index < -0.39 is 0 Å². The molecule has 0 amide bonds. The second kappa shape index (κ2) is 6.06. The van der Waals surface area contributed by atoms with E-state index in [0.717, 1.165) is 18.6 Å². The molecular formula is C13H24N2O. The maximum absolute atomic E-state index is 6.07. The van der Waals surface area contributed by atoms with Crippen LogP contribution < -0.4 is 5.73 Å². The summed E-state index contributed by atoms with van der Waals surface area (Å²) in [7, 11) is 2.13. The number of nitrogens with zero attached hydrogens (tertiary/aromatic N) is 1. The smallest absolute Gasteiger partial charge is 0.122 e. The van der Waals surface area contributed by atoms with Crippen molar-refractivity contribution >= 4 is 0 Å². The van der Waals surface area contributed by atoms with Crippen LogP contribution in [0.3, 0.4) is 0 Å². The van der Waals surface area contributed by atoms with Gasteiger partial charge in [-0.15, -0.1) is 0 Å². The highest BCUT2D eigenvalue weighted by molar-refractivity contribution is 5.07. The number of rotatable bonds is 6. The molecule has 0 radical (unpaired) electrons. The van der Waals surface area contributed by atoms with Gasteiger partial charge in [0, 0.05) is 12.1 Å². The molecule has 16 heavy (non-hydrogen) atoms. The molecule has 1 heterocycles. The van der Waals surface area contributed by atoms with Gasteiger partial charge in [0.1, 0.15) is 5.76 Å². The minimum Gasteiger partial charge on any atom is -0.468 e. The second-order valence-electron chi connectivity index (χ2n) is 4.46. The van der Waals surface area contributed by atoms with Crippen molar-refractivity contribution < 1.29 is 4.42 Å². The lowest BCUT2D eigenvalue weighted by Crippen LogP contribution is -2.42. The highest BCUT2D eigenvalue weighted by atomic mass is 16.3. The van der Waals surface area contributed by atoms with Gasteiger partial charge in [0.05, 0.1) is 12.3 Å². The van der Waals surface area contributed by atoms with Gasteiger partial charge in [0.25, 0.3) is 0 Å². The van der Waals surface area contributed by atoms with Gasteiger partial charge in [-0.3, -0.25) is 4.90 Å². The summed E-state index contributed by atoms with van der Waals surface area (Å²) in [6.07, 6.45) is 3.99. The number of furan rings is 1. The van der Waals surface area contributed by atoms with Crippen LogP contribution in [0.5, 0.6) is 0 Å². The van der Waals surface area contributed by atoms with E-state index in [1.807, 2.05) is 19.1 Å². The number of likely N-dealkylation sites (N-methyl/N-ethyl adjacent to an activating group) is 1. The van der Waals surface area contributed by atoms with Crippen LogP contribution in [0.4, 0.5) is 0 Å². The Bertz CT molecular complexity index is 278. The third-order valence-electron chi connectivity index (χ3n) is 3.29. The van der Waals surface area contributed by atoms with Crippen LogP contribution in [0.25, 0.3) is 0 Å². The SMILES string of the molecule is CCC(CC)N(C)C(c1ccco1)C(C)N. The fourth-order valence-electron chi connectivity index (χ4n) is 2.38. The van der Waals surface area contributed by atoms with Crippen LogP contribution in [-0.4, -0.2) is 24.0 Å². The van der Waals surface area contributed by atoms with Gasteiger partial charge in [-0.2, -0.15) is 0 Å². The van der Waals surface area contributed by atoms with Crippen LogP contribution in [-0.2, 0) is 0 Å². The van der Waals surface area contributed by atoms with E-state index in [2.05, 4.69) is 25.8 Å². The summed E-state index contributed by atoms with van der Waals surface area (Å²) in [6.45, 7) is 6.46. The van der Waals surface area contributed by atoms with Gasteiger partial charge in [-0.25, -0.2) is 0 Å². The number of hydrogen-bond acceptors (Lipinski definition) is 3. The van der Waals surface area contributed by atoms with E-state index in [-0.39, 0.29) is 12.1 Å². The first-order valence-electron chi connectivity index (χ1n) is 6.12. The van der Waals surface area contributed by atoms with Gasteiger partial charge >= 0.3 is 0 Å². The Morgan fingerprint density at radius 3 is 2.38 bits per heavy atom. The summed E-state index contributed by atoms with van der Waals surface area (Å²) >= 11 is 0. The Morgan fingerprint density at radius 1 is 1.38 bits per heavy atom. The third-order valence-corrected chi connectivity index (χ3v) is 3.29. The first-order chi connectivity index (χ1) is 7.61. The van der Waals surface area contributed by atoms with Crippen molar-refractivity contribution in [1.82, 2.24) is 4.90 Å². The van der Waals surface area contributed by atoms with Crippen molar-refractivity contribution in [2.45, 2.75) is 51.7 Å². The summed E-state index contributed by atoms with van der Waals surface area (Å²) in [4.78, 5) is 2.34. The zero-order valence-electron chi connectivity index (χ0n) is 10.8. The van der Waals surface area contributed by atoms with E-state index in [9.17, 15) is 0 Å². The predicted octanol–water partition coefficient (Wildman–Crippen LogP) is 2.79. The fraction of sp³-hybridized carbons (Fsp3) is 0.692. The molecule has 3 nitrogen and oxygen atoms in total. The Morgan fingerprint density at radius 2 is 2.00 bits per heavy atom. The standard InChI is InChI=1S/C13H24N2O/c1-5-11(6-2)15(4)13(10(3)14)12-8-7-9-16-12/h7-11,13H,5-6,14H2,1-4H3. The maximum Gasteiger partial charge on any atom is 0.122 e. The highest BCUT2D eigenvalue weighted by Gasteiger charge is 2.27. The molecule has 2 atom stereocenters. The van der Waals surface area contributed by atoms with Crippen molar-refractivity contribution in [3.05, 3.63) is 24.2 Å². The van der Waals surface area contributed by atoms with Crippen molar-refractivity contribution in [3.8, 4) is 0 Å². The largest absolute Gasteiger partial charge is 0.468 e. The van der Waals surface area contributed by atoms with Gasteiger partial charge < -0.3 is 10.2 Å². The molecule has 0 aliphatic rings. The van der Waals surface area contributed by atoms with Gasteiger partial charge in [0.15, 0.2) is 0 Å². The molecule has 3 heteroatoms. The average Bonchev–Trinajstić information content (AvgIpc) is 2.72. The lowest BCUT2D eigenvalue weighted by molar-refractivity contribution is 0.129. The average molecular weight is 224 g/mol. The van der Waals surface area contributed by atoms with Gasteiger partial charge in [-0.1, -0.05) is 13.8 Å². The lowest BCUT2D eigenvalue weighted by atomic mass is 10.0. The monoisotopic (exact) mass is 224 g/mol. The molecule has 0 spiro atoms. The second-order valence-corrected chi connectivity index (χ2v) is 4.46. The molecule has 0 bridgehead atoms. The van der Waals surface area contributed by atoms with Crippen molar-refractivity contribution in [1.29, 1.82) is 0 Å². The molecule has 0 aromatic carbocycles. The molecule has 2 N–H and O–H groups in total. The van der Waals surface area contributed by atoms with Crippen molar-refractivity contribution in [2.75, 3.05) is 7.05 Å². The van der Waals surface area contributed by atoms with Crippen LogP contribution in [0.15, 0.2) is 22.8 Å². The number of hydrogen-bond donors (Lipinski definition) is 1. The van der Waals surface area contributed by atoms with E-state index in [0.29, 0.717) is 6.04 Å². The Labute approximate surface area is 98.6 Å². The molecule has 92 valence electrons. The van der Waals surface area contributed by atoms with Crippen LogP contribution in [0, 0.1) is 0 Å². The normalized spacial score (nSPS) is 15.7. The Hall–Kier alpha value is -0.800. The van der Waals surface area contributed by atoms with Crippen LogP contribution >= 0.6 is 0 Å². The first-order valence-corrected chi connectivity index (χ1v) is 6.12. The molecular weight excluding hydrogens is 200 g/mol. The van der Waals surface area contributed by atoms with Gasteiger partial charge in [0.2, 0.25) is 0 Å².